The van der Waals surface area contributed by atoms with Crippen molar-refractivity contribution in [3.63, 3.8) is 0 Å². The molecular formula is C12H12ClFN2O3S. The van der Waals surface area contributed by atoms with Gasteiger partial charge >= 0.3 is 5.97 Å². The average molecular weight is 319 g/mol. The molecule has 1 aliphatic rings. The Labute approximate surface area is 124 Å². The summed E-state index contributed by atoms with van der Waals surface area (Å²) in [6.07, 6.45) is 0.791. The normalized spacial score (nSPS) is 18.9. The van der Waals surface area contributed by atoms with Crippen LogP contribution in [0.3, 0.4) is 0 Å². The highest BCUT2D eigenvalue weighted by molar-refractivity contribution is 7.99. The molecule has 1 saturated heterocycles. The predicted octanol–water partition coefficient (Wildman–Crippen LogP) is 1.91. The largest absolute Gasteiger partial charge is 0.481 e. The van der Waals surface area contributed by atoms with Crippen molar-refractivity contribution < 1.29 is 19.1 Å². The number of halogens is 2. The summed E-state index contributed by atoms with van der Waals surface area (Å²) >= 11 is 7.41. The van der Waals surface area contributed by atoms with Crippen molar-refractivity contribution in [2.45, 2.75) is 12.5 Å². The minimum atomic E-state index is -0.973. The molecule has 1 amide bonds. The Kier molecular flexibility index (Phi) is 4.82. The second kappa shape index (κ2) is 6.41. The lowest BCUT2D eigenvalue weighted by molar-refractivity contribution is -0.138. The third kappa shape index (κ3) is 3.40. The van der Waals surface area contributed by atoms with Crippen molar-refractivity contribution in [1.29, 1.82) is 0 Å². The molecule has 1 fully saturated rings. The fourth-order valence-electron chi connectivity index (χ4n) is 2.02. The summed E-state index contributed by atoms with van der Waals surface area (Å²) in [6, 6.07) is 0.607. The van der Waals surface area contributed by atoms with Crippen LogP contribution >= 0.6 is 23.4 Å². The first-order valence-electron chi connectivity index (χ1n) is 5.90. The lowest BCUT2D eigenvalue weighted by Crippen LogP contribution is -2.47. The number of aliphatic carboxylic acids is 1. The highest BCUT2D eigenvalue weighted by atomic mass is 35.5. The van der Waals surface area contributed by atoms with Gasteiger partial charge in [0.2, 0.25) is 0 Å². The molecular weight excluding hydrogens is 307 g/mol. The fourth-order valence-corrected chi connectivity index (χ4v) is 3.27. The minimum absolute atomic E-state index is 0.0334. The van der Waals surface area contributed by atoms with Crippen LogP contribution in [0.4, 0.5) is 4.39 Å². The summed E-state index contributed by atoms with van der Waals surface area (Å²) < 4.78 is 13.2. The Morgan fingerprint density at radius 3 is 3.05 bits per heavy atom. The number of carbonyl (C=O) groups is 2. The van der Waals surface area contributed by atoms with E-state index in [1.54, 1.807) is 11.8 Å². The molecule has 2 rings (SSSR count). The first-order valence-corrected chi connectivity index (χ1v) is 7.44. The quantitative estimate of drug-likeness (QED) is 0.862. The highest BCUT2D eigenvalue weighted by Gasteiger charge is 2.30. The zero-order chi connectivity index (χ0) is 14.7. The fraction of sp³-hybridized carbons (Fsp3) is 0.417. The van der Waals surface area contributed by atoms with E-state index in [1.807, 2.05) is 0 Å². The van der Waals surface area contributed by atoms with Gasteiger partial charge in [0.15, 0.2) is 0 Å². The number of aromatic nitrogens is 1. The van der Waals surface area contributed by atoms with Gasteiger partial charge in [0.05, 0.1) is 24.2 Å². The van der Waals surface area contributed by atoms with Crippen molar-refractivity contribution >= 4 is 35.2 Å². The monoisotopic (exact) mass is 318 g/mol. The van der Waals surface area contributed by atoms with E-state index >= 15 is 0 Å². The van der Waals surface area contributed by atoms with Crippen molar-refractivity contribution in [2.75, 3.05) is 18.1 Å². The summed E-state index contributed by atoms with van der Waals surface area (Å²) in [5.74, 6) is -0.855. The Hall–Kier alpha value is -1.34. The Balaban J connectivity index is 2.25. The Morgan fingerprint density at radius 2 is 2.35 bits per heavy atom. The molecule has 8 heteroatoms. The number of rotatable bonds is 3. The van der Waals surface area contributed by atoms with Crippen molar-refractivity contribution in [1.82, 2.24) is 9.88 Å². The maximum Gasteiger partial charge on any atom is 0.305 e. The molecule has 0 spiro atoms. The minimum Gasteiger partial charge on any atom is -0.481 e. The number of nitrogens with zero attached hydrogens (tertiary/aromatic N) is 2. The van der Waals surface area contributed by atoms with Gasteiger partial charge in [0.25, 0.3) is 5.91 Å². The van der Waals surface area contributed by atoms with Crippen molar-refractivity contribution in [3.8, 4) is 0 Å². The molecule has 0 radical (unpaired) electrons. The van der Waals surface area contributed by atoms with Crippen LogP contribution < -0.4 is 0 Å². The third-order valence-corrected chi connectivity index (χ3v) is 4.33. The first-order chi connectivity index (χ1) is 9.49. The van der Waals surface area contributed by atoms with E-state index < -0.39 is 23.7 Å². The lowest BCUT2D eigenvalue weighted by Gasteiger charge is -2.34. The van der Waals surface area contributed by atoms with Gasteiger partial charge in [-0.3, -0.25) is 9.59 Å². The number of carboxylic acids is 1. The number of pyridine rings is 1. The maximum absolute atomic E-state index is 13.2. The summed E-state index contributed by atoms with van der Waals surface area (Å²) in [4.78, 5) is 28.3. The Morgan fingerprint density at radius 1 is 1.60 bits per heavy atom. The number of carbonyl (C=O) groups excluding carboxylic acids is 1. The molecule has 0 bridgehead atoms. The standard InChI is InChI=1S/C12H12ClFN2O3S/c13-11-9(3-7(14)5-15-11)12(19)16-1-2-20-6-8(16)4-10(17)18/h3,5,8H,1-2,4,6H2,(H,17,18). The van der Waals surface area contributed by atoms with Gasteiger partial charge in [-0.1, -0.05) is 11.6 Å². The second-order valence-corrected chi connectivity index (χ2v) is 5.82. The summed E-state index contributed by atoms with van der Waals surface area (Å²) in [6.45, 7) is 0.411. The van der Waals surface area contributed by atoms with Crippen LogP contribution in [0.5, 0.6) is 0 Å². The van der Waals surface area contributed by atoms with Gasteiger partial charge < -0.3 is 10.0 Å². The van der Waals surface area contributed by atoms with Gasteiger partial charge in [-0.05, 0) is 6.07 Å². The average Bonchev–Trinajstić information content (AvgIpc) is 2.41. The summed E-state index contributed by atoms with van der Waals surface area (Å²) in [5.41, 5.74) is -0.0334. The third-order valence-electron chi connectivity index (χ3n) is 2.93. The van der Waals surface area contributed by atoms with Crippen LogP contribution in [0.2, 0.25) is 5.15 Å². The van der Waals surface area contributed by atoms with E-state index in [4.69, 9.17) is 16.7 Å². The first kappa shape index (κ1) is 15.1. The highest BCUT2D eigenvalue weighted by Crippen LogP contribution is 2.23. The van der Waals surface area contributed by atoms with E-state index in [1.165, 1.54) is 4.90 Å². The molecule has 5 nitrogen and oxygen atoms in total. The molecule has 1 atom stereocenters. The van der Waals surface area contributed by atoms with Gasteiger partial charge in [0.1, 0.15) is 11.0 Å². The molecule has 108 valence electrons. The van der Waals surface area contributed by atoms with Gasteiger partial charge in [-0.2, -0.15) is 11.8 Å². The van der Waals surface area contributed by atoms with Crippen molar-refractivity contribution in [2.24, 2.45) is 0 Å². The number of thioether (sulfide) groups is 1. The van der Waals surface area contributed by atoms with Crippen LogP contribution in [0.15, 0.2) is 12.3 Å². The molecule has 0 aromatic carbocycles. The Bertz CT molecular complexity index is 543. The van der Waals surface area contributed by atoms with E-state index in [0.717, 1.165) is 12.3 Å². The topological polar surface area (TPSA) is 70.5 Å². The molecule has 2 heterocycles. The number of carboxylic acid groups (broad SMARTS) is 1. The molecule has 1 aliphatic heterocycles. The molecule has 0 aliphatic carbocycles. The van der Waals surface area contributed by atoms with Gasteiger partial charge in [-0.25, -0.2) is 9.37 Å². The van der Waals surface area contributed by atoms with Crippen LogP contribution in [-0.2, 0) is 4.79 Å². The molecule has 20 heavy (non-hydrogen) atoms. The number of hydrogen-bond acceptors (Lipinski definition) is 4. The molecule has 0 saturated carbocycles. The van der Waals surface area contributed by atoms with Gasteiger partial charge in [-0.15, -0.1) is 0 Å². The molecule has 1 unspecified atom stereocenters. The lowest BCUT2D eigenvalue weighted by atomic mass is 10.1. The summed E-state index contributed by atoms with van der Waals surface area (Å²) in [7, 11) is 0. The van der Waals surface area contributed by atoms with Crippen LogP contribution in [0.25, 0.3) is 0 Å². The number of hydrogen-bond donors (Lipinski definition) is 1. The van der Waals surface area contributed by atoms with Crippen LogP contribution in [0.1, 0.15) is 16.8 Å². The predicted molar refractivity (Wildman–Crippen MR) is 73.6 cm³/mol. The second-order valence-electron chi connectivity index (χ2n) is 4.32. The number of amides is 1. The van der Waals surface area contributed by atoms with Crippen LogP contribution in [-0.4, -0.2) is 51.0 Å². The SMILES string of the molecule is O=C(O)CC1CSCCN1C(=O)c1cc(F)cnc1Cl. The molecule has 1 aromatic heterocycles. The molecule has 1 N–H and O–H groups in total. The zero-order valence-electron chi connectivity index (χ0n) is 10.4. The zero-order valence-corrected chi connectivity index (χ0v) is 12.0. The molecule has 1 aromatic rings. The van der Waals surface area contributed by atoms with E-state index in [9.17, 15) is 14.0 Å². The van der Waals surface area contributed by atoms with Crippen LogP contribution in [0, 0.1) is 5.82 Å². The van der Waals surface area contributed by atoms with Gasteiger partial charge in [0, 0.05) is 18.1 Å². The summed E-state index contributed by atoms with van der Waals surface area (Å²) in [5, 5.41) is 8.81. The smallest absolute Gasteiger partial charge is 0.305 e. The van der Waals surface area contributed by atoms with E-state index in [-0.39, 0.29) is 17.1 Å². The van der Waals surface area contributed by atoms with E-state index in [0.29, 0.717) is 18.1 Å². The maximum atomic E-state index is 13.2. The van der Waals surface area contributed by atoms with E-state index in [2.05, 4.69) is 4.98 Å². The van der Waals surface area contributed by atoms with Crippen molar-refractivity contribution in [3.05, 3.63) is 28.8 Å².